The van der Waals surface area contributed by atoms with Crippen molar-refractivity contribution in [1.82, 2.24) is 4.98 Å². The molecule has 4 nitrogen and oxygen atoms in total. The molecule has 1 amide bonds. The molecular weight excluding hydrogens is 348 g/mol. The van der Waals surface area contributed by atoms with E-state index in [1.807, 2.05) is 36.4 Å². The molecule has 0 bridgehead atoms. The first kappa shape index (κ1) is 17.7. The van der Waals surface area contributed by atoms with E-state index in [2.05, 4.69) is 30.4 Å². The number of benzene rings is 3. The lowest BCUT2D eigenvalue weighted by molar-refractivity contribution is 0.102. The second-order valence-electron chi connectivity index (χ2n) is 6.65. The number of aromatic nitrogens is 1. The Labute approximate surface area is 163 Å². The molecular formula is C24H20N2O2. The summed E-state index contributed by atoms with van der Waals surface area (Å²) < 4.78 is 5.12. The van der Waals surface area contributed by atoms with E-state index in [9.17, 15) is 4.79 Å². The normalized spacial score (nSPS) is 10.6. The number of hydrogen-bond acceptors (Lipinski definition) is 3. The SMILES string of the molecule is COc1ccc(C(=O)Nc2ccc(-c3ccc4cc(C)ccc4n3)cc2)cc1. The van der Waals surface area contributed by atoms with Crippen LogP contribution in [0, 0.1) is 6.92 Å². The van der Waals surface area contributed by atoms with Crippen LogP contribution in [-0.4, -0.2) is 18.0 Å². The lowest BCUT2D eigenvalue weighted by Gasteiger charge is -2.08. The number of methoxy groups -OCH3 is 1. The van der Waals surface area contributed by atoms with Gasteiger partial charge in [0, 0.05) is 22.2 Å². The van der Waals surface area contributed by atoms with Crippen LogP contribution in [0.2, 0.25) is 0 Å². The van der Waals surface area contributed by atoms with E-state index in [4.69, 9.17) is 9.72 Å². The number of amides is 1. The minimum Gasteiger partial charge on any atom is -0.497 e. The molecule has 0 aliphatic carbocycles. The Balaban J connectivity index is 1.51. The molecule has 0 atom stereocenters. The molecule has 3 aromatic carbocycles. The topological polar surface area (TPSA) is 51.2 Å². The summed E-state index contributed by atoms with van der Waals surface area (Å²) in [6, 6.07) is 25.1. The van der Waals surface area contributed by atoms with Gasteiger partial charge in [-0.1, -0.05) is 29.8 Å². The molecule has 4 rings (SSSR count). The predicted octanol–water partition coefficient (Wildman–Crippen LogP) is 5.47. The summed E-state index contributed by atoms with van der Waals surface area (Å²) in [4.78, 5) is 17.1. The van der Waals surface area contributed by atoms with Crippen molar-refractivity contribution in [3.05, 3.63) is 90.0 Å². The number of ether oxygens (including phenoxy) is 1. The van der Waals surface area contributed by atoms with Gasteiger partial charge in [0.05, 0.1) is 18.3 Å². The van der Waals surface area contributed by atoms with Gasteiger partial charge in [0.25, 0.3) is 5.91 Å². The van der Waals surface area contributed by atoms with Crippen LogP contribution in [0.1, 0.15) is 15.9 Å². The zero-order chi connectivity index (χ0) is 19.5. The number of pyridine rings is 1. The predicted molar refractivity (Wildman–Crippen MR) is 113 cm³/mol. The van der Waals surface area contributed by atoms with Crippen LogP contribution in [0.3, 0.4) is 0 Å². The molecule has 0 saturated heterocycles. The minimum atomic E-state index is -0.158. The van der Waals surface area contributed by atoms with Crippen LogP contribution in [0.15, 0.2) is 78.9 Å². The molecule has 4 heteroatoms. The standard InChI is InChI=1S/C24H20N2O2/c1-16-3-13-23-19(15-16)8-14-22(26-23)17-4-9-20(10-5-17)25-24(27)18-6-11-21(28-2)12-7-18/h3-15H,1-2H3,(H,25,27). The number of carbonyl (C=O) groups excluding carboxylic acids is 1. The number of hydrogen-bond donors (Lipinski definition) is 1. The van der Waals surface area contributed by atoms with Gasteiger partial charge in [-0.05, 0) is 61.5 Å². The van der Waals surface area contributed by atoms with Gasteiger partial charge < -0.3 is 10.1 Å². The Hall–Kier alpha value is -3.66. The summed E-state index contributed by atoms with van der Waals surface area (Å²) in [5.41, 5.74) is 5.42. The van der Waals surface area contributed by atoms with Gasteiger partial charge >= 0.3 is 0 Å². The molecule has 4 aromatic rings. The quantitative estimate of drug-likeness (QED) is 0.519. The zero-order valence-corrected chi connectivity index (χ0v) is 15.8. The lowest BCUT2D eigenvalue weighted by atomic mass is 10.1. The molecule has 0 aliphatic rings. The highest BCUT2D eigenvalue weighted by atomic mass is 16.5. The number of carbonyl (C=O) groups is 1. The van der Waals surface area contributed by atoms with Crippen molar-refractivity contribution in [1.29, 1.82) is 0 Å². The summed E-state index contributed by atoms with van der Waals surface area (Å²) in [7, 11) is 1.60. The third-order valence-electron chi connectivity index (χ3n) is 4.64. The van der Waals surface area contributed by atoms with Crippen molar-refractivity contribution in [2.45, 2.75) is 6.92 Å². The number of rotatable bonds is 4. The number of aryl methyl sites for hydroxylation is 1. The van der Waals surface area contributed by atoms with Crippen LogP contribution in [0.5, 0.6) is 5.75 Å². The molecule has 1 heterocycles. The van der Waals surface area contributed by atoms with Crippen LogP contribution >= 0.6 is 0 Å². The van der Waals surface area contributed by atoms with E-state index in [-0.39, 0.29) is 5.91 Å². The number of fused-ring (bicyclic) bond motifs is 1. The van der Waals surface area contributed by atoms with Crippen LogP contribution in [0.4, 0.5) is 5.69 Å². The van der Waals surface area contributed by atoms with Crippen LogP contribution in [0.25, 0.3) is 22.2 Å². The maximum atomic E-state index is 12.4. The number of nitrogens with zero attached hydrogens (tertiary/aromatic N) is 1. The van der Waals surface area contributed by atoms with E-state index in [0.717, 1.165) is 33.6 Å². The summed E-state index contributed by atoms with van der Waals surface area (Å²) in [5.74, 6) is 0.563. The van der Waals surface area contributed by atoms with Gasteiger partial charge in [-0.2, -0.15) is 0 Å². The lowest BCUT2D eigenvalue weighted by Crippen LogP contribution is -2.11. The third-order valence-corrected chi connectivity index (χ3v) is 4.64. The molecule has 1 aromatic heterocycles. The van der Waals surface area contributed by atoms with Crippen molar-refractivity contribution < 1.29 is 9.53 Å². The molecule has 0 saturated carbocycles. The maximum Gasteiger partial charge on any atom is 0.255 e. The average molecular weight is 368 g/mol. The van der Waals surface area contributed by atoms with E-state index in [1.54, 1.807) is 31.4 Å². The summed E-state index contributed by atoms with van der Waals surface area (Å²) in [6.07, 6.45) is 0. The van der Waals surface area contributed by atoms with Gasteiger partial charge in [0.1, 0.15) is 5.75 Å². The van der Waals surface area contributed by atoms with Gasteiger partial charge in [-0.3, -0.25) is 4.79 Å². The van der Waals surface area contributed by atoms with E-state index >= 15 is 0 Å². The first-order valence-electron chi connectivity index (χ1n) is 9.06. The molecule has 138 valence electrons. The van der Waals surface area contributed by atoms with Crippen molar-refractivity contribution in [2.24, 2.45) is 0 Å². The Morgan fingerprint density at radius 2 is 1.64 bits per heavy atom. The Morgan fingerprint density at radius 3 is 2.36 bits per heavy atom. The van der Waals surface area contributed by atoms with Crippen LogP contribution in [-0.2, 0) is 0 Å². The third kappa shape index (κ3) is 3.71. The van der Waals surface area contributed by atoms with Gasteiger partial charge in [0.2, 0.25) is 0 Å². The molecule has 0 fully saturated rings. The highest BCUT2D eigenvalue weighted by Gasteiger charge is 2.07. The van der Waals surface area contributed by atoms with Crippen LogP contribution < -0.4 is 10.1 Å². The van der Waals surface area contributed by atoms with Crippen molar-refractivity contribution in [2.75, 3.05) is 12.4 Å². The Kier molecular flexibility index (Phi) is 4.77. The highest BCUT2D eigenvalue weighted by molar-refractivity contribution is 6.04. The zero-order valence-electron chi connectivity index (χ0n) is 15.8. The monoisotopic (exact) mass is 368 g/mol. The van der Waals surface area contributed by atoms with E-state index < -0.39 is 0 Å². The van der Waals surface area contributed by atoms with Crippen molar-refractivity contribution >= 4 is 22.5 Å². The number of nitrogens with one attached hydrogen (secondary N) is 1. The second kappa shape index (κ2) is 7.53. The maximum absolute atomic E-state index is 12.4. The minimum absolute atomic E-state index is 0.158. The smallest absolute Gasteiger partial charge is 0.255 e. The molecule has 0 unspecified atom stereocenters. The summed E-state index contributed by atoms with van der Waals surface area (Å²) in [6.45, 7) is 2.08. The largest absolute Gasteiger partial charge is 0.497 e. The Bertz CT molecular complexity index is 1130. The second-order valence-corrected chi connectivity index (χ2v) is 6.65. The average Bonchev–Trinajstić information content (AvgIpc) is 2.74. The first-order chi connectivity index (χ1) is 13.6. The number of anilines is 1. The molecule has 0 spiro atoms. The van der Waals surface area contributed by atoms with Gasteiger partial charge in [-0.15, -0.1) is 0 Å². The molecule has 1 N–H and O–H groups in total. The summed E-state index contributed by atoms with van der Waals surface area (Å²) in [5, 5.41) is 4.04. The first-order valence-corrected chi connectivity index (χ1v) is 9.06. The molecule has 0 aliphatic heterocycles. The van der Waals surface area contributed by atoms with E-state index in [0.29, 0.717) is 5.56 Å². The summed E-state index contributed by atoms with van der Waals surface area (Å²) >= 11 is 0. The van der Waals surface area contributed by atoms with Gasteiger partial charge in [0.15, 0.2) is 0 Å². The van der Waals surface area contributed by atoms with Crippen molar-refractivity contribution in [3.8, 4) is 17.0 Å². The molecule has 0 radical (unpaired) electrons. The fraction of sp³-hybridized carbons (Fsp3) is 0.0833. The fourth-order valence-corrected chi connectivity index (χ4v) is 3.08. The highest BCUT2D eigenvalue weighted by Crippen LogP contribution is 2.23. The molecule has 28 heavy (non-hydrogen) atoms. The fourth-order valence-electron chi connectivity index (χ4n) is 3.08. The van der Waals surface area contributed by atoms with E-state index in [1.165, 1.54) is 5.56 Å². The van der Waals surface area contributed by atoms with Crippen molar-refractivity contribution in [3.63, 3.8) is 0 Å². The van der Waals surface area contributed by atoms with Gasteiger partial charge in [-0.25, -0.2) is 4.98 Å². The Morgan fingerprint density at radius 1 is 0.893 bits per heavy atom.